The molecule has 0 atom stereocenters. The van der Waals surface area contributed by atoms with Gasteiger partial charge in [0.25, 0.3) is 0 Å². The number of rotatable bonds is 13. The predicted octanol–water partition coefficient (Wildman–Crippen LogP) is 9.39. The number of unbranched alkanes of at least 4 members (excludes halogenated alkanes) is 6. The van der Waals surface area contributed by atoms with Crippen LogP contribution in [0, 0.1) is 17.2 Å². The molecule has 2 aromatic rings. The zero-order valence-electron chi connectivity index (χ0n) is 22.3. The van der Waals surface area contributed by atoms with Crippen molar-refractivity contribution in [1.29, 1.82) is 5.26 Å². The van der Waals surface area contributed by atoms with Gasteiger partial charge in [0.2, 0.25) is 0 Å². The summed E-state index contributed by atoms with van der Waals surface area (Å²) in [4.78, 5) is 12.4. The highest BCUT2D eigenvalue weighted by atomic mass is 16.7. The Kier molecular flexibility index (Phi) is 11.8. The van der Waals surface area contributed by atoms with Crippen molar-refractivity contribution in [2.75, 3.05) is 0 Å². The first-order valence-electron chi connectivity index (χ1n) is 14.1. The van der Waals surface area contributed by atoms with Crippen LogP contribution in [0.15, 0.2) is 42.5 Å². The van der Waals surface area contributed by atoms with Gasteiger partial charge in [-0.05, 0) is 73.3 Å². The average Bonchev–Trinajstić information content (AvgIpc) is 2.90. The van der Waals surface area contributed by atoms with Crippen LogP contribution in [0.25, 0.3) is 11.1 Å². The minimum Gasteiger partial charge on any atom is -0.431 e. The number of carbonyl (C=O) groups excluding carboxylic acids is 1. The first kappa shape index (κ1) is 27.8. The maximum Gasteiger partial charge on any atom is 0.514 e. The molecule has 0 radical (unpaired) electrons. The smallest absolute Gasteiger partial charge is 0.431 e. The van der Waals surface area contributed by atoms with Crippen molar-refractivity contribution in [1.82, 2.24) is 0 Å². The summed E-state index contributed by atoms with van der Waals surface area (Å²) < 4.78 is 11.0. The van der Waals surface area contributed by atoms with Crippen LogP contribution < -0.4 is 4.74 Å². The van der Waals surface area contributed by atoms with E-state index in [1.807, 2.05) is 6.07 Å². The maximum atomic E-state index is 12.4. The summed E-state index contributed by atoms with van der Waals surface area (Å²) in [7, 11) is 0. The number of nitriles is 1. The van der Waals surface area contributed by atoms with E-state index in [4.69, 9.17) is 9.47 Å². The Hall–Kier alpha value is -2.80. The molecule has 36 heavy (non-hydrogen) atoms. The fourth-order valence-corrected chi connectivity index (χ4v) is 5.15. The summed E-state index contributed by atoms with van der Waals surface area (Å²) in [6, 6.07) is 16.1. The molecule has 0 amide bonds. The van der Waals surface area contributed by atoms with Crippen LogP contribution in [0.4, 0.5) is 4.79 Å². The van der Waals surface area contributed by atoms with Crippen LogP contribution in [0.2, 0.25) is 0 Å². The number of nitrogens with zero attached hydrogens (tertiary/aromatic N) is 1. The SMILES string of the molecule is CCCCCCc1ccc(-c2ccc(OC(=O)OC3CCC(CCCCCC)CC3)c(C#N)c2)cc1. The molecule has 0 aromatic heterocycles. The van der Waals surface area contributed by atoms with E-state index in [-0.39, 0.29) is 11.9 Å². The molecule has 0 N–H and O–H groups in total. The van der Waals surface area contributed by atoms with E-state index < -0.39 is 6.16 Å². The van der Waals surface area contributed by atoms with Crippen LogP contribution in [-0.4, -0.2) is 12.3 Å². The Balaban J connectivity index is 1.49. The first-order chi connectivity index (χ1) is 17.6. The van der Waals surface area contributed by atoms with Crippen molar-refractivity contribution in [3.05, 3.63) is 53.6 Å². The van der Waals surface area contributed by atoms with Crippen LogP contribution in [-0.2, 0) is 11.2 Å². The van der Waals surface area contributed by atoms with E-state index in [1.165, 1.54) is 63.4 Å². The predicted molar refractivity (Wildman–Crippen MR) is 146 cm³/mol. The van der Waals surface area contributed by atoms with Gasteiger partial charge < -0.3 is 9.47 Å². The Morgan fingerprint density at radius 2 is 1.53 bits per heavy atom. The van der Waals surface area contributed by atoms with Crippen molar-refractivity contribution < 1.29 is 14.3 Å². The molecule has 1 aliphatic carbocycles. The highest BCUT2D eigenvalue weighted by Gasteiger charge is 2.25. The van der Waals surface area contributed by atoms with Crippen molar-refractivity contribution >= 4 is 6.16 Å². The van der Waals surface area contributed by atoms with Crippen molar-refractivity contribution in [3.8, 4) is 22.9 Å². The number of carbonyl (C=O) groups is 1. The summed E-state index contributed by atoms with van der Waals surface area (Å²) in [5, 5.41) is 9.66. The highest BCUT2D eigenvalue weighted by molar-refractivity contribution is 5.70. The number of hydrogen-bond acceptors (Lipinski definition) is 4. The molecule has 1 fully saturated rings. The van der Waals surface area contributed by atoms with E-state index in [0.717, 1.165) is 49.1 Å². The monoisotopic (exact) mass is 489 g/mol. The summed E-state index contributed by atoms with van der Waals surface area (Å²) >= 11 is 0. The minimum atomic E-state index is -0.710. The average molecular weight is 490 g/mol. The summed E-state index contributed by atoms with van der Waals surface area (Å²) in [6.07, 6.45) is 15.8. The van der Waals surface area contributed by atoms with Gasteiger partial charge in [0.05, 0.1) is 5.56 Å². The molecule has 194 valence electrons. The largest absolute Gasteiger partial charge is 0.514 e. The van der Waals surface area contributed by atoms with Crippen molar-refractivity contribution in [2.24, 2.45) is 5.92 Å². The maximum absolute atomic E-state index is 12.4. The third-order valence-corrected chi connectivity index (χ3v) is 7.42. The molecular formula is C32H43NO3. The third-order valence-electron chi connectivity index (χ3n) is 7.42. The minimum absolute atomic E-state index is 0.0883. The fraction of sp³-hybridized carbons (Fsp3) is 0.562. The molecule has 0 heterocycles. The normalized spacial score (nSPS) is 17.4. The molecular weight excluding hydrogens is 446 g/mol. The van der Waals surface area contributed by atoms with Gasteiger partial charge in [-0.2, -0.15) is 5.26 Å². The van der Waals surface area contributed by atoms with Gasteiger partial charge in [-0.1, -0.05) is 95.5 Å². The van der Waals surface area contributed by atoms with Gasteiger partial charge in [-0.15, -0.1) is 0 Å². The highest BCUT2D eigenvalue weighted by Crippen LogP contribution is 2.31. The van der Waals surface area contributed by atoms with Crippen molar-refractivity contribution in [2.45, 2.75) is 110 Å². The van der Waals surface area contributed by atoms with Crippen molar-refractivity contribution in [3.63, 3.8) is 0 Å². The molecule has 0 saturated heterocycles. The number of benzene rings is 2. The summed E-state index contributed by atoms with van der Waals surface area (Å²) in [6.45, 7) is 4.47. The van der Waals surface area contributed by atoms with Gasteiger partial charge in [-0.3, -0.25) is 0 Å². The molecule has 0 aliphatic heterocycles. The first-order valence-corrected chi connectivity index (χ1v) is 14.1. The lowest BCUT2D eigenvalue weighted by Crippen LogP contribution is -2.26. The number of aryl methyl sites for hydroxylation is 1. The zero-order chi connectivity index (χ0) is 25.6. The Labute approximate surface area is 218 Å². The number of ether oxygens (including phenoxy) is 2. The van der Waals surface area contributed by atoms with Crippen LogP contribution >= 0.6 is 0 Å². The van der Waals surface area contributed by atoms with Gasteiger partial charge in [-0.25, -0.2) is 4.79 Å². The lowest BCUT2D eigenvalue weighted by atomic mass is 9.84. The summed E-state index contributed by atoms with van der Waals surface area (Å²) in [5.41, 5.74) is 3.65. The molecule has 0 bridgehead atoms. The molecule has 2 aromatic carbocycles. The van der Waals surface area contributed by atoms with E-state index >= 15 is 0 Å². The van der Waals surface area contributed by atoms with Crippen LogP contribution in [0.1, 0.15) is 108 Å². The second-order valence-corrected chi connectivity index (χ2v) is 10.3. The van der Waals surface area contributed by atoms with E-state index in [2.05, 4.69) is 44.2 Å². The zero-order valence-corrected chi connectivity index (χ0v) is 22.3. The molecule has 1 saturated carbocycles. The van der Waals surface area contributed by atoms with Gasteiger partial charge in [0, 0.05) is 0 Å². The Morgan fingerprint density at radius 3 is 2.19 bits per heavy atom. The summed E-state index contributed by atoms with van der Waals surface area (Å²) in [5.74, 6) is 1.01. The lowest BCUT2D eigenvalue weighted by molar-refractivity contribution is 0.0328. The Bertz CT molecular complexity index is 968. The molecule has 4 nitrogen and oxygen atoms in total. The molecule has 4 heteroatoms. The van der Waals surface area contributed by atoms with Gasteiger partial charge >= 0.3 is 6.16 Å². The Morgan fingerprint density at radius 1 is 0.861 bits per heavy atom. The quantitative estimate of drug-likeness (QED) is 0.160. The van der Waals surface area contributed by atoms with E-state index in [0.29, 0.717) is 5.56 Å². The second-order valence-electron chi connectivity index (χ2n) is 10.3. The van der Waals surface area contributed by atoms with Gasteiger partial charge in [0.15, 0.2) is 5.75 Å². The lowest BCUT2D eigenvalue weighted by Gasteiger charge is -2.28. The fourth-order valence-electron chi connectivity index (χ4n) is 5.15. The van der Waals surface area contributed by atoms with Crippen LogP contribution in [0.5, 0.6) is 5.75 Å². The third kappa shape index (κ3) is 9.01. The molecule has 0 spiro atoms. The van der Waals surface area contributed by atoms with Crippen LogP contribution in [0.3, 0.4) is 0 Å². The van der Waals surface area contributed by atoms with E-state index in [1.54, 1.807) is 12.1 Å². The molecule has 1 aliphatic rings. The molecule has 0 unspecified atom stereocenters. The van der Waals surface area contributed by atoms with E-state index in [9.17, 15) is 10.1 Å². The topological polar surface area (TPSA) is 59.3 Å². The second kappa shape index (κ2) is 15.3. The number of hydrogen-bond donors (Lipinski definition) is 0. The van der Waals surface area contributed by atoms with Gasteiger partial charge in [0.1, 0.15) is 12.2 Å². The standard InChI is InChI=1S/C32H43NO3/c1-3-5-7-9-11-25-13-17-27(18-14-25)28-19-22-31(29(23-28)24-33)36-32(34)35-30-20-15-26(16-21-30)12-10-8-6-4-2/h13-14,17-19,22-23,26,30H,3-12,15-16,20-21H2,1-2H3. The molecule has 3 rings (SSSR count).